The lowest BCUT2D eigenvalue weighted by Crippen LogP contribution is -2.53. The summed E-state index contributed by atoms with van der Waals surface area (Å²) < 4.78 is 0. The second-order valence-corrected chi connectivity index (χ2v) is 8.15. The summed E-state index contributed by atoms with van der Waals surface area (Å²) in [6, 6.07) is 8.39. The smallest absolute Gasteiger partial charge is 0.227 e. The first-order valence-corrected chi connectivity index (χ1v) is 9.89. The average Bonchev–Trinajstić information content (AvgIpc) is 2.64. The monoisotopic (exact) mass is 343 g/mol. The number of hydrogen-bond acceptors (Lipinski definition) is 3. The second kappa shape index (κ2) is 8.22. The molecule has 1 heterocycles. The van der Waals surface area contributed by atoms with Gasteiger partial charge in [-0.2, -0.15) is 0 Å². The van der Waals surface area contributed by atoms with Crippen LogP contribution >= 0.6 is 0 Å². The Morgan fingerprint density at radius 2 is 1.64 bits per heavy atom. The van der Waals surface area contributed by atoms with E-state index in [2.05, 4.69) is 18.7 Å². The highest BCUT2D eigenvalue weighted by Crippen LogP contribution is 2.32. The topological polar surface area (TPSA) is 49.6 Å². The van der Waals surface area contributed by atoms with Gasteiger partial charge in [-0.05, 0) is 55.2 Å². The van der Waals surface area contributed by atoms with Crippen LogP contribution in [0.2, 0.25) is 0 Å². The molecule has 1 amide bonds. The number of nitrogen functional groups attached to an aromatic ring is 1. The molecule has 1 aromatic rings. The van der Waals surface area contributed by atoms with Gasteiger partial charge in [-0.1, -0.05) is 26.0 Å². The lowest BCUT2D eigenvalue weighted by molar-refractivity contribution is -0.132. The van der Waals surface area contributed by atoms with Gasteiger partial charge in [-0.15, -0.1) is 0 Å². The summed E-state index contributed by atoms with van der Waals surface area (Å²) in [6.45, 7) is 8.53. The number of piperazine rings is 1. The van der Waals surface area contributed by atoms with Crippen molar-refractivity contribution < 1.29 is 4.79 Å². The van der Waals surface area contributed by atoms with E-state index < -0.39 is 0 Å². The molecule has 138 valence electrons. The van der Waals surface area contributed by atoms with E-state index in [4.69, 9.17) is 5.73 Å². The molecule has 1 saturated heterocycles. The number of nitrogens with zero attached hydrogens (tertiary/aromatic N) is 2. The van der Waals surface area contributed by atoms with Gasteiger partial charge in [-0.25, -0.2) is 0 Å². The summed E-state index contributed by atoms with van der Waals surface area (Å²) in [5.41, 5.74) is 7.51. The molecule has 0 atom stereocenters. The van der Waals surface area contributed by atoms with E-state index in [0.29, 0.717) is 6.42 Å². The highest BCUT2D eigenvalue weighted by Gasteiger charge is 2.30. The van der Waals surface area contributed by atoms with Crippen molar-refractivity contribution in [3.63, 3.8) is 0 Å². The van der Waals surface area contributed by atoms with Gasteiger partial charge >= 0.3 is 0 Å². The number of anilines is 1. The average molecular weight is 344 g/mol. The van der Waals surface area contributed by atoms with E-state index >= 15 is 0 Å². The lowest BCUT2D eigenvalue weighted by atomic mass is 9.79. The zero-order valence-electron chi connectivity index (χ0n) is 15.8. The van der Waals surface area contributed by atoms with Gasteiger partial charge in [0.05, 0.1) is 6.42 Å². The maximum absolute atomic E-state index is 12.5. The molecule has 4 nitrogen and oxygen atoms in total. The van der Waals surface area contributed by atoms with Gasteiger partial charge in [0.1, 0.15) is 0 Å². The third-order valence-electron chi connectivity index (χ3n) is 6.20. The molecule has 4 heteroatoms. The lowest BCUT2D eigenvalue weighted by Gasteiger charge is -2.42. The van der Waals surface area contributed by atoms with Crippen LogP contribution in [0.15, 0.2) is 24.3 Å². The van der Waals surface area contributed by atoms with Crippen molar-refractivity contribution in [3.05, 3.63) is 29.8 Å². The Bertz CT molecular complexity index is 553. The Kier molecular flexibility index (Phi) is 6.00. The highest BCUT2D eigenvalue weighted by molar-refractivity contribution is 5.79. The molecular weight excluding hydrogens is 310 g/mol. The fourth-order valence-electron chi connectivity index (χ4n) is 4.39. The van der Waals surface area contributed by atoms with Gasteiger partial charge in [0.25, 0.3) is 0 Å². The minimum absolute atomic E-state index is 0.243. The van der Waals surface area contributed by atoms with Crippen LogP contribution in [0, 0.1) is 11.8 Å². The van der Waals surface area contributed by atoms with E-state index in [0.717, 1.165) is 55.3 Å². The molecule has 1 saturated carbocycles. The number of rotatable bonds is 4. The fourth-order valence-corrected chi connectivity index (χ4v) is 4.39. The molecule has 0 aromatic heterocycles. The Balaban J connectivity index is 1.44. The first-order valence-electron chi connectivity index (χ1n) is 9.89. The Hall–Kier alpha value is -1.55. The van der Waals surface area contributed by atoms with Crippen LogP contribution < -0.4 is 5.73 Å². The van der Waals surface area contributed by atoms with Crippen molar-refractivity contribution in [3.8, 4) is 0 Å². The zero-order valence-corrected chi connectivity index (χ0v) is 15.8. The quantitative estimate of drug-likeness (QED) is 0.854. The minimum atomic E-state index is 0.243. The largest absolute Gasteiger partial charge is 0.399 e. The van der Waals surface area contributed by atoms with Gasteiger partial charge in [-0.3, -0.25) is 9.69 Å². The highest BCUT2D eigenvalue weighted by atomic mass is 16.2. The normalized spacial score (nSPS) is 25.3. The summed E-state index contributed by atoms with van der Waals surface area (Å²) >= 11 is 0. The van der Waals surface area contributed by atoms with Gasteiger partial charge < -0.3 is 10.6 Å². The van der Waals surface area contributed by atoms with Crippen LogP contribution in [0.3, 0.4) is 0 Å². The van der Waals surface area contributed by atoms with Crippen molar-refractivity contribution in [1.82, 2.24) is 9.80 Å². The second-order valence-electron chi connectivity index (χ2n) is 8.15. The molecule has 1 aromatic carbocycles. The van der Waals surface area contributed by atoms with E-state index in [9.17, 15) is 4.79 Å². The molecule has 1 aliphatic carbocycles. The number of nitrogens with two attached hydrogens (primary N) is 1. The summed E-state index contributed by atoms with van der Waals surface area (Å²) in [7, 11) is 0. The summed E-state index contributed by atoms with van der Waals surface area (Å²) in [4.78, 5) is 17.2. The van der Waals surface area contributed by atoms with Crippen molar-refractivity contribution in [2.24, 2.45) is 11.8 Å². The fraction of sp³-hybridized carbons (Fsp3) is 0.667. The number of benzene rings is 1. The summed E-state index contributed by atoms with van der Waals surface area (Å²) in [6.07, 6.45) is 5.90. The predicted octanol–water partition coefficient (Wildman–Crippen LogP) is 3.17. The summed E-state index contributed by atoms with van der Waals surface area (Å²) in [5.74, 6) is 1.98. The molecule has 0 radical (unpaired) electrons. The van der Waals surface area contributed by atoms with Crippen LogP contribution in [0.1, 0.15) is 45.1 Å². The number of carbonyl (C=O) groups excluding carboxylic acids is 1. The predicted molar refractivity (Wildman–Crippen MR) is 103 cm³/mol. The summed E-state index contributed by atoms with van der Waals surface area (Å²) in [5, 5.41) is 0. The van der Waals surface area contributed by atoms with Crippen LogP contribution in [0.4, 0.5) is 5.69 Å². The van der Waals surface area contributed by atoms with Crippen LogP contribution in [0.25, 0.3) is 0 Å². The molecule has 1 aliphatic heterocycles. The molecule has 2 fully saturated rings. The molecular formula is C21H33N3O. The van der Waals surface area contributed by atoms with Crippen molar-refractivity contribution >= 4 is 11.6 Å². The molecule has 0 spiro atoms. The Labute approximate surface area is 152 Å². The van der Waals surface area contributed by atoms with Gasteiger partial charge in [0, 0.05) is 37.9 Å². The van der Waals surface area contributed by atoms with E-state index in [-0.39, 0.29) is 5.91 Å². The molecule has 3 rings (SSSR count). The van der Waals surface area contributed by atoms with Gasteiger partial charge in [0.2, 0.25) is 5.91 Å². The molecule has 0 bridgehead atoms. The maximum Gasteiger partial charge on any atom is 0.227 e. The SMILES string of the molecule is CC(C)C1CCC(N2CCN(C(=O)Cc3ccc(N)cc3)CC2)CC1. The van der Waals surface area contributed by atoms with E-state index in [1.165, 1.54) is 25.7 Å². The number of hydrogen-bond donors (Lipinski definition) is 1. The van der Waals surface area contributed by atoms with Crippen LogP contribution in [-0.4, -0.2) is 47.9 Å². The van der Waals surface area contributed by atoms with Crippen molar-refractivity contribution in [1.29, 1.82) is 0 Å². The van der Waals surface area contributed by atoms with E-state index in [1.807, 2.05) is 29.2 Å². The zero-order chi connectivity index (χ0) is 17.8. The maximum atomic E-state index is 12.5. The van der Waals surface area contributed by atoms with Gasteiger partial charge in [0.15, 0.2) is 0 Å². The molecule has 2 aliphatic rings. The third kappa shape index (κ3) is 4.75. The van der Waals surface area contributed by atoms with E-state index in [1.54, 1.807) is 0 Å². The Morgan fingerprint density at radius 1 is 1.04 bits per heavy atom. The standard InChI is InChI=1S/C21H33N3O/c1-16(2)18-5-9-20(10-6-18)23-11-13-24(14-12-23)21(25)15-17-3-7-19(22)8-4-17/h3-4,7-8,16,18,20H,5-6,9-15,22H2,1-2H3. The molecule has 25 heavy (non-hydrogen) atoms. The van der Waals surface area contributed by atoms with Crippen LogP contribution in [0.5, 0.6) is 0 Å². The first-order chi connectivity index (χ1) is 12.0. The third-order valence-corrected chi connectivity index (χ3v) is 6.20. The minimum Gasteiger partial charge on any atom is -0.399 e. The number of carbonyl (C=O) groups is 1. The van der Waals surface area contributed by atoms with Crippen molar-refractivity contribution in [2.75, 3.05) is 31.9 Å². The molecule has 0 unspecified atom stereocenters. The van der Waals surface area contributed by atoms with Crippen LogP contribution in [-0.2, 0) is 11.2 Å². The number of amides is 1. The first kappa shape index (κ1) is 18.2. The molecule has 2 N–H and O–H groups in total. The van der Waals surface area contributed by atoms with Crippen molar-refractivity contribution in [2.45, 2.75) is 52.0 Å². The Morgan fingerprint density at radius 3 is 2.20 bits per heavy atom.